The molecule has 2 aliphatic rings. The van der Waals surface area contributed by atoms with E-state index in [2.05, 4.69) is 34.5 Å². The SMILES string of the molecule is c1cc(-c2ccco2)cc(N2CCC(NCC3CCOCC3)CC2)c1. The van der Waals surface area contributed by atoms with E-state index in [4.69, 9.17) is 9.15 Å². The quantitative estimate of drug-likeness (QED) is 0.895. The molecule has 0 saturated carbocycles. The fourth-order valence-electron chi connectivity index (χ4n) is 3.92. The zero-order valence-electron chi connectivity index (χ0n) is 14.8. The molecule has 2 saturated heterocycles. The molecule has 4 rings (SSSR count). The lowest BCUT2D eigenvalue weighted by Gasteiger charge is -2.35. The summed E-state index contributed by atoms with van der Waals surface area (Å²) in [6, 6.07) is 13.3. The van der Waals surface area contributed by atoms with Gasteiger partial charge in [-0.3, -0.25) is 0 Å². The second-order valence-corrected chi connectivity index (χ2v) is 7.25. The van der Waals surface area contributed by atoms with Gasteiger partial charge in [-0.05, 0) is 62.4 Å². The molecular formula is C21H28N2O2. The Morgan fingerprint density at radius 3 is 2.60 bits per heavy atom. The van der Waals surface area contributed by atoms with Crippen molar-refractivity contribution in [3.63, 3.8) is 0 Å². The van der Waals surface area contributed by atoms with E-state index in [-0.39, 0.29) is 0 Å². The van der Waals surface area contributed by atoms with Gasteiger partial charge in [-0.15, -0.1) is 0 Å². The second-order valence-electron chi connectivity index (χ2n) is 7.25. The molecule has 2 aromatic rings. The summed E-state index contributed by atoms with van der Waals surface area (Å²) in [4.78, 5) is 2.50. The Hall–Kier alpha value is -1.78. The van der Waals surface area contributed by atoms with Gasteiger partial charge in [0.15, 0.2) is 0 Å². The third-order valence-electron chi connectivity index (χ3n) is 5.55. The Kier molecular flexibility index (Phi) is 5.38. The summed E-state index contributed by atoms with van der Waals surface area (Å²) < 4.78 is 11.0. The van der Waals surface area contributed by atoms with Crippen molar-refractivity contribution in [1.82, 2.24) is 5.32 Å². The van der Waals surface area contributed by atoms with Crippen LogP contribution in [0.1, 0.15) is 25.7 Å². The van der Waals surface area contributed by atoms with E-state index in [0.29, 0.717) is 6.04 Å². The molecule has 2 aliphatic heterocycles. The van der Waals surface area contributed by atoms with Crippen molar-refractivity contribution in [1.29, 1.82) is 0 Å². The molecular weight excluding hydrogens is 312 g/mol. The van der Waals surface area contributed by atoms with Crippen LogP contribution in [-0.4, -0.2) is 38.9 Å². The molecule has 0 amide bonds. The lowest BCUT2D eigenvalue weighted by Crippen LogP contribution is -2.44. The van der Waals surface area contributed by atoms with Crippen LogP contribution in [0.3, 0.4) is 0 Å². The van der Waals surface area contributed by atoms with E-state index in [0.717, 1.165) is 50.1 Å². The number of ether oxygens (including phenoxy) is 1. The van der Waals surface area contributed by atoms with Crippen molar-refractivity contribution in [2.24, 2.45) is 5.92 Å². The summed E-state index contributed by atoms with van der Waals surface area (Å²) in [7, 11) is 0. The zero-order valence-corrected chi connectivity index (χ0v) is 14.8. The van der Waals surface area contributed by atoms with Gasteiger partial charge in [0, 0.05) is 43.6 Å². The number of furan rings is 1. The normalized spacial score (nSPS) is 20.1. The molecule has 1 aromatic carbocycles. The molecule has 0 atom stereocenters. The zero-order chi connectivity index (χ0) is 16.9. The first-order valence-electron chi connectivity index (χ1n) is 9.58. The third-order valence-corrected chi connectivity index (χ3v) is 5.55. The summed E-state index contributed by atoms with van der Waals surface area (Å²) in [5.41, 5.74) is 2.46. The summed E-state index contributed by atoms with van der Waals surface area (Å²) in [5, 5.41) is 3.80. The number of nitrogens with one attached hydrogen (secondary N) is 1. The maximum atomic E-state index is 5.53. The Balaban J connectivity index is 1.29. The summed E-state index contributed by atoms with van der Waals surface area (Å²) in [6.45, 7) is 5.27. The maximum absolute atomic E-state index is 5.53. The van der Waals surface area contributed by atoms with Crippen molar-refractivity contribution < 1.29 is 9.15 Å². The standard InChI is InChI=1S/C21H28N2O2/c1-3-18(21-5-2-12-25-21)15-20(4-1)23-10-6-19(7-11-23)22-16-17-8-13-24-14-9-17/h1-5,12,15,17,19,22H,6-11,13-14,16H2. The first-order valence-corrected chi connectivity index (χ1v) is 9.58. The molecule has 0 spiro atoms. The number of benzene rings is 1. The van der Waals surface area contributed by atoms with Crippen LogP contribution in [0.25, 0.3) is 11.3 Å². The van der Waals surface area contributed by atoms with Gasteiger partial charge in [0.25, 0.3) is 0 Å². The summed E-state index contributed by atoms with van der Waals surface area (Å²) >= 11 is 0. The van der Waals surface area contributed by atoms with Gasteiger partial charge in [0.1, 0.15) is 5.76 Å². The fourth-order valence-corrected chi connectivity index (χ4v) is 3.92. The Morgan fingerprint density at radius 1 is 1.00 bits per heavy atom. The Morgan fingerprint density at radius 2 is 1.84 bits per heavy atom. The highest BCUT2D eigenvalue weighted by molar-refractivity contribution is 5.64. The van der Waals surface area contributed by atoms with Crippen LogP contribution in [-0.2, 0) is 4.74 Å². The molecule has 0 bridgehead atoms. The van der Waals surface area contributed by atoms with Gasteiger partial charge in [-0.2, -0.15) is 0 Å². The van der Waals surface area contributed by atoms with E-state index in [1.807, 2.05) is 12.1 Å². The molecule has 1 aromatic heterocycles. The number of anilines is 1. The molecule has 4 nitrogen and oxygen atoms in total. The van der Waals surface area contributed by atoms with Crippen molar-refractivity contribution in [3.05, 3.63) is 42.7 Å². The summed E-state index contributed by atoms with van der Waals surface area (Å²) in [5.74, 6) is 1.74. The number of nitrogens with zero attached hydrogens (tertiary/aromatic N) is 1. The molecule has 25 heavy (non-hydrogen) atoms. The van der Waals surface area contributed by atoms with Crippen molar-refractivity contribution in [2.75, 3.05) is 37.7 Å². The maximum Gasteiger partial charge on any atom is 0.133 e. The number of hydrogen-bond acceptors (Lipinski definition) is 4. The monoisotopic (exact) mass is 340 g/mol. The number of hydrogen-bond donors (Lipinski definition) is 1. The van der Waals surface area contributed by atoms with E-state index in [9.17, 15) is 0 Å². The molecule has 2 fully saturated rings. The van der Waals surface area contributed by atoms with Crippen molar-refractivity contribution >= 4 is 5.69 Å². The van der Waals surface area contributed by atoms with E-state index in [1.165, 1.54) is 31.4 Å². The van der Waals surface area contributed by atoms with Gasteiger partial charge in [-0.1, -0.05) is 12.1 Å². The fraction of sp³-hybridized carbons (Fsp3) is 0.524. The molecule has 0 radical (unpaired) electrons. The van der Waals surface area contributed by atoms with Crippen LogP contribution in [0.2, 0.25) is 0 Å². The topological polar surface area (TPSA) is 37.6 Å². The van der Waals surface area contributed by atoms with Crippen LogP contribution in [0.5, 0.6) is 0 Å². The first-order chi connectivity index (χ1) is 12.4. The van der Waals surface area contributed by atoms with Crippen LogP contribution in [0.15, 0.2) is 47.1 Å². The van der Waals surface area contributed by atoms with Gasteiger partial charge in [-0.25, -0.2) is 0 Å². The smallest absolute Gasteiger partial charge is 0.133 e. The lowest BCUT2D eigenvalue weighted by atomic mass is 9.98. The number of piperidine rings is 1. The Labute approximate surface area is 150 Å². The predicted octanol–water partition coefficient (Wildman–Crippen LogP) is 3.93. The average Bonchev–Trinajstić information content (AvgIpc) is 3.23. The van der Waals surface area contributed by atoms with Crippen LogP contribution >= 0.6 is 0 Å². The molecule has 134 valence electrons. The van der Waals surface area contributed by atoms with E-state index < -0.39 is 0 Å². The highest BCUT2D eigenvalue weighted by atomic mass is 16.5. The van der Waals surface area contributed by atoms with Crippen LogP contribution < -0.4 is 10.2 Å². The highest BCUT2D eigenvalue weighted by Gasteiger charge is 2.21. The largest absolute Gasteiger partial charge is 0.464 e. The first kappa shape index (κ1) is 16.7. The third kappa shape index (κ3) is 4.25. The van der Waals surface area contributed by atoms with Crippen LogP contribution in [0, 0.1) is 5.92 Å². The molecule has 0 aliphatic carbocycles. The molecule has 0 unspecified atom stereocenters. The van der Waals surface area contributed by atoms with Gasteiger partial charge in [0.2, 0.25) is 0 Å². The van der Waals surface area contributed by atoms with Crippen LogP contribution in [0.4, 0.5) is 5.69 Å². The van der Waals surface area contributed by atoms with Crippen molar-refractivity contribution in [2.45, 2.75) is 31.7 Å². The minimum Gasteiger partial charge on any atom is -0.464 e. The van der Waals surface area contributed by atoms with E-state index >= 15 is 0 Å². The second kappa shape index (κ2) is 8.07. The molecule has 1 N–H and O–H groups in total. The van der Waals surface area contributed by atoms with Gasteiger partial charge < -0.3 is 19.4 Å². The van der Waals surface area contributed by atoms with Gasteiger partial charge >= 0.3 is 0 Å². The lowest BCUT2D eigenvalue weighted by molar-refractivity contribution is 0.0651. The predicted molar refractivity (Wildman–Crippen MR) is 101 cm³/mol. The minimum atomic E-state index is 0.660. The van der Waals surface area contributed by atoms with E-state index in [1.54, 1.807) is 6.26 Å². The highest BCUT2D eigenvalue weighted by Crippen LogP contribution is 2.27. The molecule has 4 heteroatoms. The minimum absolute atomic E-state index is 0.660. The van der Waals surface area contributed by atoms with Crippen molar-refractivity contribution in [3.8, 4) is 11.3 Å². The Bertz CT molecular complexity index is 642. The average molecular weight is 340 g/mol. The number of rotatable bonds is 5. The van der Waals surface area contributed by atoms with Gasteiger partial charge in [0.05, 0.1) is 6.26 Å². The molecule has 3 heterocycles. The summed E-state index contributed by atoms with van der Waals surface area (Å²) in [6.07, 6.45) is 6.59.